The molecule has 1 heterocycles. The molecule has 1 aliphatic heterocycles. The first-order valence-electron chi connectivity index (χ1n) is 5.32. The fourth-order valence-corrected chi connectivity index (χ4v) is 1.70. The summed E-state index contributed by atoms with van der Waals surface area (Å²) in [4.78, 5) is 14.0. The lowest BCUT2D eigenvalue weighted by Gasteiger charge is -2.30. The molecule has 16 heavy (non-hydrogen) atoms. The van der Waals surface area contributed by atoms with Gasteiger partial charge in [-0.05, 0) is 12.8 Å². The van der Waals surface area contributed by atoms with E-state index in [1.165, 1.54) is 0 Å². The third-order valence-electron chi connectivity index (χ3n) is 2.41. The van der Waals surface area contributed by atoms with Gasteiger partial charge >= 0.3 is 6.21 Å². The number of Topliss-reactive ketones (excluding diaryl/α,β-unsaturated/α-hetero) is 1. The lowest BCUT2D eigenvalue weighted by Crippen LogP contribution is -2.38. The minimum Gasteiger partial charge on any atom is -0.375 e. The van der Waals surface area contributed by atoms with Crippen molar-refractivity contribution in [2.45, 2.75) is 31.5 Å². The molecular formula is C11H16N2O3. The van der Waals surface area contributed by atoms with Crippen LogP contribution in [0.15, 0.2) is 12.7 Å². The van der Waals surface area contributed by atoms with Crippen LogP contribution in [0.2, 0.25) is 0 Å². The number of rotatable bonds is 6. The number of nitrogens with zero attached hydrogens (tertiary/aromatic N) is 2. The zero-order chi connectivity index (χ0) is 11.8. The lowest BCUT2D eigenvalue weighted by molar-refractivity contribution is -0.129. The van der Waals surface area contributed by atoms with Gasteiger partial charge in [0.2, 0.25) is 5.78 Å². The fraction of sp³-hybridized carbons (Fsp3) is 0.636. The number of carbonyl (C=O) groups excluding carboxylic acids is 1. The molecule has 0 saturated carbocycles. The van der Waals surface area contributed by atoms with E-state index in [9.17, 15) is 4.79 Å². The summed E-state index contributed by atoms with van der Waals surface area (Å²) in [7, 11) is 0. The van der Waals surface area contributed by atoms with E-state index < -0.39 is 0 Å². The summed E-state index contributed by atoms with van der Waals surface area (Å²) in [6.07, 6.45) is 4.22. The Morgan fingerprint density at radius 3 is 3.19 bits per heavy atom. The van der Waals surface area contributed by atoms with E-state index in [4.69, 9.17) is 15.0 Å². The second-order valence-corrected chi connectivity index (χ2v) is 3.63. The van der Waals surface area contributed by atoms with Crippen LogP contribution in [0, 0.1) is 0 Å². The average Bonchev–Trinajstić information content (AvgIpc) is 2.28. The Bertz CT molecular complexity index is 298. The summed E-state index contributed by atoms with van der Waals surface area (Å²) in [5, 5.41) is 0. The van der Waals surface area contributed by atoms with Gasteiger partial charge in [0.25, 0.3) is 0 Å². The third kappa shape index (κ3) is 4.06. The molecule has 0 aromatic rings. The van der Waals surface area contributed by atoms with E-state index in [2.05, 4.69) is 11.4 Å². The molecule has 0 amide bonds. The third-order valence-corrected chi connectivity index (χ3v) is 2.41. The smallest absolute Gasteiger partial charge is 0.323 e. The number of carbonyl (C=O) groups is 1. The highest BCUT2D eigenvalue weighted by molar-refractivity contribution is 6.25. The molecule has 1 rings (SSSR count). The first kappa shape index (κ1) is 12.8. The minimum atomic E-state index is -0.262. The number of hydrogen-bond acceptors (Lipinski definition) is 3. The van der Waals surface area contributed by atoms with Crippen molar-refractivity contribution >= 4 is 12.0 Å². The van der Waals surface area contributed by atoms with Gasteiger partial charge in [-0.2, -0.15) is 4.79 Å². The van der Waals surface area contributed by atoms with Crippen molar-refractivity contribution in [1.29, 1.82) is 0 Å². The van der Waals surface area contributed by atoms with Crippen molar-refractivity contribution in [3.63, 3.8) is 0 Å². The van der Waals surface area contributed by atoms with Crippen LogP contribution in [0.3, 0.4) is 0 Å². The van der Waals surface area contributed by atoms with Crippen LogP contribution < -0.4 is 0 Å². The van der Waals surface area contributed by atoms with Gasteiger partial charge in [0.1, 0.15) is 0 Å². The largest absolute Gasteiger partial charge is 0.375 e. The summed E-state index contributed by atoms with van der Waals surface area (Å²) in [6, 6.07) is 0. The van der Waals surface area contributed by atoms with E-state index in [0.29, 0.717) is 13.2 Å². The van der Waals surface area contributed by atoms with Crippen LogP contribution >= 0.6 is 0 Å². The molecule has 0 aromatic heterocycles. The van der Waals surface area contributed by atoms with Gasteiger partial charge in [0.05, 0.1) is 18.8 Å². The van der Waals surface area contributed by atoms with Crippen LogP contribution in [0.4, 0.5) is 0 Å². The Morgan fingerprint density at radius 1 is 1.69 bits per heavy atom. The summed E-state index contributed by atoms with van der Waals surface area (Å²) in [6.45, 7) is 4.67. The Morgan fingerprint density at radius 2 is 2.50 bits per heavy atom. The van der Waals surface area contributed by atoms with Crippen molar-refractivity contribution in [3.8, 4) is 0 Å². The SMILES string of the molecule is C=CCO[C@@H]1CCCO[C@H]1CC(=O)C=[N+]=[N-]. The molecule has 0 spiro atoms. The van der Waals surface area contributed by atoms with Gasteiger partial charge in [-0.15, -0.1) is 6.58 Å². The average molecular weight is 224 g/mol. The van der Waals surface area contributed by atoms with Crippen LogP contribution in [0.1, 0.15) is 19.3 Å². The maximum absolute atomic E-state index is 11.3. The molecule has 1 fully saturated rings. The molecule has 88 valence electrons. The first-order valence-corrected chi connectivity index (χ1v) is 5.32. The normalized spacial score (nSPS) is 24.5. The lowest BCUT2D eigenvalue weighted by atomic mass is 10.0. The van der Waals surface area contributed by atoms with Crippen molar-refractivity contribution in [2.75, 3.05) is 13.2 Å². The van der Waals surface area contributed by atoms with Crippen LogP contribution in [-0.2, 0) is 14.3 Å². The molecule has 0 radical (unpaired) electrons. The summed E-state index contributed by atoms with van der Waals surface area (Å²) >= 11 is 0. The first-order chi connectivity index (χ1) is 7.77. The molecule has 0 N–H and O–H groups in total. The Hall–Kier alpha value is -1.29. The van der Waals surface area contributed by atoms with Crippen molar-refractivity contribution < 1.29 is 19.1 Å². The Labute approximate surface area is 94.7 Å². The minimum absolute atomic E-state index is 0.0807. The van der Waals surface area contributed by atoms with Gasteiger partial charge in [0.15, 0.2) is 0 Å². The van der Waals surface area contributed by atoms with Gasteiger partial charge in [0, 0.05) is 13.0 Å². The van der Waals surface area contributed by atoms with Gasteiger partial charge in [-0.25, -0.2) is 0 Å². The standard InChI is InChI=1S/C11H16N2O3/c1-2-5-15-10-4-3-6-16-11(10)7-9(14)8-13-12/h2,8,10-11H,1,3-7H2/t10-,11+/m1/s1. The predicted octanol–water partition coefficient (Wildman–Crippen LogP) is 0.996. The Kier molecular flexibility index (Phi) is 5.64. The molecule has 0 bridgehead atoms. The molecule has 2 atom stereocenters. The maximum atomic E-state index is 11.3. The van der Waals surface area contributed by atoms with Crippen LogP contribution in [0.25, 0.3) is 5.53 Å². The topological polar surface area (TPSA) is 71.9 Å². The second-order valence-electron chi connectivity index (χ2n) is 3.63. The van der Waals surface area contributed by atoms with Gasteiger partial charge in [-0.1, -0.05) is 6.08 Å². The molecule has 0 aliphatic carbocycles. The summed E-state index contributed by atoms with van der Waals surface area (Å²) in [5.74, 6) is -0.262. The van der Waals surface area contributed by atoms with Crippen molar-refractivity contribution in [1.82, 2.24) is 0 Å². The molecule has 5 nitrogen and oxygen atoms in total. The van der Waals surface area contributed by atoms with E-state index >= 15 is 0 Å². The van der Waals surface area contributed by atoms with Crippen molar-refractivity contribution in [3.05, 3.63) is 18.2 Å². The molecule has 0 aromatic carbocycles. The number of ketones is 1. The van der Waals surface area contributed by atoms with Crippen LogP contribution in [-0.4, -0.2) is 42.2 Å². The van der Waals surface area contributed by atoms with Gasteiger partial charge < -0.3 is 15.0 Å². The maximum Gasteiger partial charge on any atom is 0.323 e. The zero-order valence-corrected chi connectivity index (χ0v) is 9.17. The predicted molar refractivity (Wildman–Crippen MR) is 58.2 cm³/mol. The van der Waals surface area contributed by atoms with Crippen LogP contribution in [0.5, 0.6) is 0 Å². The molecule has 1 aliphatic rings. The monoisotopic (exact) mass is 224 g/mol. The number of ether oxygens (including phenoxy) is 2. The number of hydrogen-bond donors (Lipinski definition) is 0. The fourth-order valence-electron chi connectivity index (χ4n) is 1.70. The molecule has 5 heteroatoms. The van der Waals surface area contributed by atoms with E-state index in [1.54, 1.807) is 6.08 Å². The summed E-state index contributed by atoms with van der Waals surface area (Å²) in [5.41, 5.74) is 8.24. The van der Waals surface area contributed by atoms with Gasteiger partial charge in [-0.3, -0.25) is 4.79 Å². The van der Waals surface area contributed by atoms with E-state index in [-0.39, 0.29) is 24.4 Å². The highest BCUT2D eigenvalue weighted by Crippen LogP contribution is 2.19. The molecule has 0 unspecified atom stereocenters. The molecule has 1 saturated heterocycles. The second kappa shape index (κ2) is 7.06. The zero-order valence-electron chi connectivity index (χ0n) is 9.17. The van der Waals surface area contributed by atoms with E-state index in [1.807, 2.05) is 0 Å². The molecular weight excluding hydrogens is 208 g/mol. The van der Waals surface area contributed by atoms with Crippen molar-refractivity contribution in [2.24, 2.45) is 0 Å². The highest BCUT2D eigenvalue weighted by Gasteiger charge is 2.28. The van der Waals surface area contributed by atoms with E-state index in [0.717, 1.165) is 19.1 Å². The Balaban J connectivity index is 2.48. The quantitative estimate of drug-likeness (QED) is 0.292. The highest BCUT2D eigenvalue weighted by atomic mass is 16.5. The summed E-state index contributed by atoms with van der Waals surface area (Å²) < 4.78 is 11.0.